The Morgan fingerprint density at radius 2 is 1.56 bits per heavy atom. The van der Waals surface area contributed by atoms with E-state index in [9.17, 15) is 26.4 Å². The highest BCUT2D eigenvalue weighted by Gasteiger charge is 2.31. The quantitative estimate of drug-likeness (QED) is 0.511. The molecule has 6 nitrogen and oxygen atoms in total. The molecule has 36 heavy (non-hydrogen) atoms. The third-order valence-corrected chi connectivity index (χ3v) is 7.97. The van der Waals surface area contributed by atoms with Gasteiger partial charge in [-0.25, -0.2) is 8.42 Å². The summed E-state index contributed by atoms with van der Waals surface area (Å²) >= 11 is 0. The van der Waals surface area contributed by atoms with Crippen LogP contribution >= 0.6 is 0 Å². The summed E-state index contributed by atoms with van der Waals surface area (Å²) < 4.78 is 65.9. The van der Waals surface area contributed by atoms with E-state index >= 15 is 0 Å². The maximum Gasteiger partial charge on any atom is 0.416 e. The number of anilines is 1. The zero-order valence-corrected chi connectivity index (χ0v) is 20.4. The van der Waals surface area contributed by atoms with E-state index in [4.69, 9.17) is 0 Å². The first-order valence-corrected chi connectivity index (χ1v) is 12.8. The van der Waals surface area contributed by atoms with Gasteiger partial charge in [-0.05, 0) is 55.0 Å². The van der Waals surface area contributed by atoms with Crippen LogP contribution in [0.2, 0.25) is 0 Å². The second-order valence-corrected chi connectivity index (χ2v) is 10.7. The Bertz CT molecular complexity index is 1320. The van der Waals surface area contributed by atoms with Crippen LogP contribution in [0.3, 0.4) is 0 Å². The maximum absolute atomic E-state index is 12.9. The van der Waals surface area contributed by atoms with E-state index in [1.807, 2.05) is 6.92 Å². The van der Waals surface area contributed by atoms with E-state index in [-0.39, 0.29) is 5.69 Å². The van der Waals surface area contributed by atoms with Crippen molar-refractivity contribution in [3.8, 4) is 0 Å². The number of sulfonamides is 1. The summed E-state index contributed by atoms with van der Waals surface area (Å²) in [4.78, 5) is 14.9. The Balaban J connectivity index is 1.32. The molecule has 0 saturated carbocycles. The second kappa shape index (κ2) is 10.4. The molecule has 10 heteroatoms. The van der Waals surface area contributed by atoms with Gasteiger partial charge in [-0.1, -0.05) is 35.9 Å². The fourth-order valence-corrected chi connectivity index (χ4v) is 5.41. The standard InChI is InChI=1S/C26H26F3N3O3S/c1-19-5-11-24(12-6-19)36(34,35)32-15-13-31(14-16-32)18-20-7-9-21(10-8-20)25(33)30-23-4-2-3-22(17-23)26(27,28)29/h2-12,17H,13-16,18H2,1H3,(H,30,33). The number of aryl methyl sites for hydroxylation is 1. The molecule has 0 radical (unpaired) electrons. The lowest BCUT2D eigenvalue weighted by molar-refractivity contribution is -0.137. The number of hydrogen-bond acceptors (Lipinski definition) is 4. The van der Waals surface area contributed by atoms with Gasteiger partial charge in [-0.15, -0.1) is 0 Å². The summed E-state index contributed by atoms with van der Waals surface area (Å²) in [6, 6.07) is 18.1. The molecule has 1 aliphatic heterocycles. The van der Waals surface area contributed by atoms with Crippen molar-refractivity contribution in [2.75, 3.05) is 31.5 Å². The van der Waals surface area contributed by atoms with Crippen LogP contribution in [-0.4, -0.2) is 49.7 Å². The van der Waals surface area contributed by atoms with E-state index < -0.39 is 27.7 Å². The normalized spacial score (nSPS) is 15.6. The Morgan fingerprint density at radius 3 is 2.17 bits per heavy atom. The Hall–Kier alpha value is -3.21. The van der Waals surface area contributed by atoms with Gasteiger partial charge in [-0.3, -0.25) is 9.69 Å². The number of carbonyl (C=O) groups is 1. The molecular weight excluding hydrogens is 491 g/mol. The zero-order chi connectivity index (χ0) is 25.9. The number of benzene rings is 3. The molecule has 0 aromatic heterocycles. The highest BCUT2D eigenvalue weighted by molar-refractivity contribution is 7.89. The van der Waals surface area contributed by atoms with Crippen molar-refractivity contribution >= 4 is 21.6 Å². The average Bonchev–Trinajstić information content (AvgIpc) is 2.85. The SMILES string of the molecule is Cc1ccc(S(=O)(=O)N2CCN(Cc3ccc(C(=O)Nc4cccc(C(F)(F)F)c4)cc3)CC2)cc1. The first kappa shape index (κ1) is 25.9. The topological polar surface area (TPSA) is 69.7 Å². The number of nitrogens with zero attached hydrogens (tertiary/aromatic N) is 2. The van der Waals surface area contributed by atoms with Crippen molar-refractivity contribution in [1.82, 2.24) is 9.21 Å². The first-order valence-electron chi connectivity index (χ1n) is 11.4. The Morgan fingerprint density at radius 1 is 0.917 bits per heavy atom. The molecular formula is C26H26F3N3O3S. The van der Waals surface area contributed by atoms with Crippen molar-refractivity contribution < 1.29 is 26.4 Å². The Labute approximate surface area is 208 Å². The molecule has 0 unspecified atom stereocenters. The smallest absolute Gasteiger partial charge is 0.322 e. The molecule has 3 aromatic rings. The highest BCUT2D eigenvalue weighted by atomic mass is 32.2. The van der Waals surface area contributed by atoms with Gasteiger partial charge in [0, 0.05) is 44.0 Å². The molecule has 0 aliphatic carbocycles. The fraction of sp³-hybridized carbons (Fsp3) is 0.269. The van der Waals surface area contributed by atoms with E-state index in [2.05, 4.69) is 10.2 Å². The second-order valence-electron chi connectivity index (χ2n) is 8.72. The number of rotatable bonds is 6. The largest absolute Gasteiger partial charge is 0.416 e. The summed E-state index contributed by atoms with van der Waals surface area (Å²) in [5.74, 6) is -0.504. The predicted octanol–water partition coefficient (Wildman–Crippen LogP) is 4.77. The summed E-state index contributed by atoms with van der Waals surface area (Å²) in [6.07, 6.45) is -4.49. The molecule has 0 atom stereocenters. The third-order valence-electron chi connectivity index (χ3n) is 6.06. The van der Waals surface area contributed by atoms with Gasteiger partial charge >= 0.3 is 6.18 Å². The number of nitrogens with one attached hydrogen (secondary N) is 1. The maximum atomic E-state index is 12.9. The van der Waals surface area contributed by atoms with Crippen molar-refractivity contribution in [3.63, 3.8) is 0 Å². The van der Waals surface area contributed by atoms with E-state index in [0.29, 0.717) is 43.2 Å². The van der Waals surface area contributed by atoms with Crippen LogP contribution in [0, 0.1) is 6.92 Å². The number of hydrogen-bond donors (Lipinski definition) is 1. The minimum Gasteiger partial charge on any atom is -0.322 e. The van der Waals surface area contributed by atoms with Gasteiger partial charge in [0.1, 0.15) is 0 Å². The first-order chi connectivity index (χ1) is 17.0. The molecule has 0 spiro atoms. The highest BCUT2D eigenvalue weighted by Crippen LogP contribution is 2.30. The van der Waals surface area contributed by atoms with Crippen LogP contribution < -0.4 is 5.32 Å². The lowest BCUT2D eigenvalue weighted by atomic mass is 10.1. The molecule has 1 N–H and O–H groups in total. The molecule has 4 rings (SSSR count). The van der Waals surface area contributed by atoms with E-state index in [0.717, 1.165) is 23.3 Å². The van der Waals surface area contributed by atoms with Gasteiger partial charge in [0.05, 0.1) is 10.5 Å². The number of piperazine rings is 1. The predicted molar refractivity (Wildman–Crippen MR) is 131 cm³/mol. The van der Waals surface area contributed by atoms with Crippen LogP contribution in [0.1, 0.15) is 27.0 Å². The summed E-state index contributed by atoms with van der Waals surface area (Å²) in [7, 11) is -3.53. The summed E-state index contributed by atoms with van der Waals surface area (Å²) in [5.41, 5.74) is 1.50. The molecule has 3 aromatic carbocycles. The number of alkyl halides is 3. The van der Waals surface area contributed by atoms with Crippen molar-refractivity contribution in [2.45, 2.75) is 24.5 Å². The van der Waals surface area contributed by atoms with E-state index in [1.54, 1.807) is 48.5 Å². The zero-order valence-electron chi connectivity index (χ0n) is 19.6. The molecule has 190 valence electrons. The number of amides is 1. The minimum absolute atomic E-state index is 0.0670. The van der Waals surface area contributed by atoms with Gasteiger partial charge in [0.15, 0.2) is 0 Å². The number of halogens is 3. The molecule has 1 fully saturated rings. The number of carbonyl (C=O) groups excluding carboxylic acids is 1. The molecule has 1 heterocycles. The molecule has 1 amide bonds. The minimum atomic E-state index is -4.49. The van der Waals surface area contributed by atoms with Crippen LogP contribution in [0.15, 0.2) is 77.7 Å². The van der Waals surface area contributed by atoms with Gasteiger partial charge < -0.3 is 5.32 Å². The van der Waals surface area contributed by atoms with E-state index in [1.165, 1.54) is 16.4 Å². The summed E-state index contributed by atoms with van der Waals surface area (Å²) in [6.45, 7) is 4.41. The van der Waals surface area contributed by atoms with Gasteiger partial charge in [0.2, 0.25) is 10.0 Å². The lowest BCUT2D eigenvalue weighted by Crippen LogP contribution is -2.48. The van der Waals surface area contributed by atoms with Crippen molar-refractivity contribution in [3.05, 3.63) is 95.1 Å². The van der Waals surface area contributed by atoms with Gasteiger partial charge in [-0.2, -0.15) is 17.5 Å². The molecule has 1 aliphatic rings. The average molecular weight is 518 g/mol. The lowest BCUT2D eigenvalue weighted by Gasteiger charge is -2.34. The van der Waals surface area contributed by atoms with Crippen LogP contribution in [-0.2, 0) is 22.7 Å². The van der Waals surface area contributed by atoms with Crippen LogP contribution in [0.25, 0.3) is 0 Å². The third kappa shape index (κ3) is 6.13. The van der Waals surface area contributed by atoms with Crippen molar-refractivity contribution in [2.24, 2.45) is 0 Å². The monoisotopic (exact) mass is 517 g/mol. The fourth-order valence-electron chi connectivity index (χ4n) is 3.98. The van der Waals surface area contributed by atoms with Crippen molar-refractivity contribution in [1.29, 1.82) is 0 Å². The van der Waals surface area contributed by atoms with Crippen LogP contribution in [0.5, 0.6) is 0 Å². The Kier molecular flexibility index (Phi) is 7.49. The van der Waals surface area contributed by atoms with Crippen LogP contribution in [0.4, 0.5) is 18.9 Å². The summed E-state index contributed by atoms with van der Waals surface area (Å²) in [5, 5.41) is 2.50. The van der Waals surface area contributed by atoms with Gasteiger partial charge in [0.25, 0.3) is 5.91 Å². The molecule has 0 bridgehead atoms. The molecule has 1 saturated heterocycles.